The van der Waals surface area contributed by atoms with Crippen LogP contribution in [0.2, 0.25) is 0 Å². The molecule has 3 amide bonds. The molecule has 0 aliphatic heterocycles. The van der Waals surface area contributed by atoms with Gasteiger partial charge in [-0.1, -0.05) is 12.1 Å². The van der Waals surface area contributed by atoms with E-state index in [2.05, 4.69) is 15.6 Å². The van der Waals surface area contributed by atoms with Gasteiger partial charge < -0.3 is 20.3 Å². The largest absolute Gasteiger partial charge is 0.417 e. The second-order valence-corrected chi connectivity index (χ2v) is 12.4. The molecule has 1 heterocycles. The predicted octanol–water partition coefficient (Wildman–Crippen LogP) is 3.51. The van der Waals surface area contributed by atoms with E-state index >= 15 is 0 Å². The Morgan fingerprint density at radius 1 is 1.20 bits per heavy atom. The molecule has 1 aliphatic carbocycles. The highest BCUT2D eigenvalue weighted by Crippen LogP contribution is 2.42. The van der Waals surface area contributed by atoms with Gasteiger partial charge in [0.25, 0.3) is 5.91 Å². The van der Waals surface area contributed by atoms with Crippen LogP contribution in [0, 0.1) is 0 Å². The number of benzene rings is 2. The fraction of sp³-hybridized carbons (Fsp3) is 0.407. The van der Waals surface area contributed by atoms with Crippen LogP contribution in [0.4, 0.5) is 13.2 Å². The van der Waals surface area contributed by atoms with E-state index in [1.807, 2.05) is 0 Å². The number of ether oxygens (including phenoxy) is 1. The number of hydrogen-bond donors (Lipinski definition) is 2. The molecular formula is C27H29F3N4O5S2. The van der Waals surface area contributed by atoms with Gasteiger partial charge in [0.15, 0.2) is 5.25 Å². The van der Waals surface area contributed by atoms with Gasteiger partial charge in [0.2, 0.25) is 11.8 Å². The van der Waals surface area contributed by atoms with E-state index in [4.69, 9.17) is 4.74 Å². The zero-order chi connectivity index (χ0) is 29.9. The number of nitrogens with zero attached hydrogens (tertiary/aromatic N) is 2. The number of halogens is 3. The number of nitrogens with one attached hydrogen (secondary N) is 2. The van der Waals surface area contributed by atoms with E-state index in [-0.39, 0.29) is 64.0 Å². The number of carbonyl (C=O) groups excluding carboxylic acids is 3. The molecule has 41 heavy (non-hydrogen) atoms. The van der Waals surface area contributed by atoms with Crippen molar-refractivity contribution in [2.45, 2.75) is 30.3 Å². The van der Waals surface area contributed by atoms with Crippen LogP contribution in [0.1, 0.15) is 39.0 Å². The normalized spacial score (nSPS) is 14.9. The summed E-state index contributed by atoms with van der Waals surface area (Å²) in [5.74, 6) is -1.50. The van der Waals surface area contributed by atoms with Gasteiger partial charge in [-0.05, 0) is 48.2 Å². The van der Waals surface area contributed by atoms with Crippen LogP contribution < -0.4 is 10.6 Å². The second kappa shape index (κ2) is 12.7. The van der Waals surface area contributed by atoms with Crippen molar-refractivity contribution in [2.75, 3.05) is 40.1 Å². The number of amides is 3. The van der Waals surface area contributed by atoms with Gasteiger partial charge >= 0.3 is 6.18 Å². The average Bonchev–Trinajstić information content (AvgIpc) is 3.64. The maximum Gasteiger partial charge on any atom is 0.417 e. The Hall–Kier alpha value is -3.36. The maximum atomic E-state index is 14.2. The fourth-order valence-corrected chi connectivity index (χ4v) is 6.65. The molecule has 0 saturated heterocycles. The van der Waals surface area contributed by atoms with Crippen LogP contribution in [-0.2, 0) is 31.3 Å². The van der Waals surface area contributed by atoms with Gasteiger partial charge in [-0.2, -0.15) is 13.2 Å². The molecule has 14 heteroatoms. The van der Waals surface area contributed by atoms with Gasteiger partial charge in [0.05, 0.1) is 28.9 Å². The zero-order valence-electron chi connectivity index (χ0n) is 22.5. The number of thiazole rings is 1. The van der Waals surface area contributed by atoms with Gasteiger partial charge in [-0.15, -0.1) is 11.3 Å². The summed E-state index contributed by atoms with van der Waals surface area (Å²) in [7, 11) is 2.66. The average molecular weight is 611 g/mol. The van der Waals surface area contributed by atoms with Crippen LogP contribution in [0.25, 0.3) is 21.3 Å². The highest BCUT2D eigenvalue weighted by atomic mass is 32.2. The van der Waals surface area contributed by atoms with Crippen molar-refractivity contribution in [1.29, 1.82) is 0 Å². The standard InChI is InChI=1S/C27H29F3N4O5S2/c1-34(2)26(37)16-6-4-5-15(11-16)18-12-21-20(13-19(18)27(28,29)30)33-25(40-21)23(41(38)10-9-39-3)24(36)31-14-22(35)32-17-7-8-17/h4-6,11-13,17,23H,7-10,14H2,1-3H3,(H,31,36)(H,32,35). The minimum Gasteiger partial charge on any atom is -0.384 e. The summed E-state index contributed by atoms with van der Waals surface area (Å²) in [6.07, 6.45) is -3.01. The number of hydrogen-bond acceptors (Lipinski definition) is 7. The van der Waals surface area contributed by atoms with Crippen molar-refractivity contribution in [3.63, 3.8) is 0 Å². The van der Waals surface area contributed by atoms with Gasteiger partial charge in [0.1, 0.15) is 5.01 Å². The highest BCUT2D eigenvalue weighted by molar-refractivity contribution is 7.86. The Balaban J connectivity index is 1.73. The number of aromatic nitrogens is 1. The lowest BCUT2D eigenvalue weighted by Crippen LogP contribution is -2.40. The van der Waals surface area contributed by atoms with Crippen molar-refractivity contribution in [3.8, 4) is 11.1 Å². The molecule has 4 rings (SSSR count). The smallest absolute Gasteiger partial charge is 0.384 e. The minimum atomic E-state index is -4.75. The first kappa shape index (κ1) is 30.6. The molecule has 1 aliphatic rings. The first-order chi connectivity index (χ1) is 19.4. The maximum absolute atomic E-state index is 14.2. The summed E-state index contributed by atoms with van der Waals surface area (Å²) >= 11 is 0.945. The molecule has 2 aromatic carbocycles. The Morgan fingerprint density at radius 3 is 2.56 bits per heavy atom. The molecule has 1 fully saturated rings. The first-order valence-corrected chi connectivity index (χ1v) is 14.9. The number of methoxy groups -OCH3 is 1. The first-order valence-electron chi connectivity index (χ1n) is 12.7. The summed E-state index contributed by atoms with van der Waals surface area (Å²) in [5, 5.41) is 3.95. The summed E-state index contributed by atoms with van der Waals surface area (Å²) in [4.78, 5) is 43.3. The number of alkyl halides is 3. The summed E-state index contributed by atoms with van der Waals surface area (Å²) < 4.78 is 61.1. The fourth-order valence-electron chi connectivity index (χ4n) is 4.05. The molecule has 2 N–H and O–H groups in total. The lowest BCUT2D eigenvalue weighted by Gasteiger charge is -2.15. The topological polar surface area (TPSA) is 118 Å². The quantitative estimate of drug-likeness (QED) is 0.343. The number of rotatable bonds is 11. The number of carbonyl (C=O) groups is 3. The third kappa shape index (κ3) is 7.49. The molecule has 3 aromatic rings. The predicted molar refractivity (Wildman–Crippen MR) is 150 cm³/mol. The van der Waals surface area contributed by atoms with Crippen LogP contribution in [0.3, 0.4) is 0 Å². The molecule has 0 radical (unpaired) electrons. The van der Waals surface area contributed by atoms with E-state index in [1.54, 1.807) is 14.1 Å². The summed E-state index contributed by atoms with van der Waals surface area (Å²) in [5.41, 5.74) is -0.737. The van der Waals surface area contributed by atoms with Crippen molar-refractivity contribution >= 4 is 50.1 Å². The lowest BCUT2D eigenvalue weighted by molar-refractivity contribution is -0.137. The van der Waals surface area contributed by atoms with E-state index in [0.717, 1.165) is 30.2 Å². The molecule has 0 bridgehead atoms. The Morgan fingerprint density at radius 2 is 1.93 bits per heavy atom. The van der Waals surface area contributed by atoms with Crippen LogP contribution in [0.5, 0.6) is 0 Å². The summed E-state index contributed by atoms with van der Waals surface area (Å²) in [6.45, 7) is -0.254. The summed E-state index contributed by atoms with van der Waals surface area (Å²) in [6, 6.07) is 8.19. The zero-order valence-corrected chi connectivity index (χ0v) is 24.2. The van der Waals surface area contributed by atoms with E-state index in [9.17, 15) is 31.8 Å². The van der Waals surface area contributed by atoms with Crippen molar-refractivity contribution in [1.82, 2.24) is 20.5 Å². The highest BCUT2D eigenvalue weighted by Gasteiger charge is 2.36. The lowest BCUT2D eigenvalue weighted by atomic mass is 9.97. The molecular weight excluding hydrogens is 581 g/mol. The monoisotopic (exact) mass is 610 g/mol. The van der Waals surface area contributed by atoms with Crippen LogP contribution >= 0.6 is 11.3 Å². The SMILES string of the molecule is COCCS(=O)C(C(=O)NCC(=O)NC1CC1)c1nc2cc(C(F)(F)F)c(-c3cccc(C(=O)N(C)C)c3)cc2s1. The van der Waals surface area contributed by atoms with E-state index < -0.39 is 33.7 Å². The van der Waals surface area contributed by atoms with Crippen molar-refractivity contribution in [3.05, 3.63) is 52.5 Å². The molecule has 220 valence electrons. The minimum absolute atomic E-state index is 0.0189. The Kier molecular flexibility index (Phi) is 9.44. The third-order valence-corrected chi connectivity index (χ3v) is 9.02. The third-order valence-electron chi connectivity index (χ3n) is 6.26. The molecule has 2 unspecified atom stereocenters. The van der Waals surface area contributed by atoms with Crippen LogP contribution in [-0.4, -0.2) is 78.0 Å². The Labute approximate surface area is 240 Å². The second-order valence-electron chi connectivity index (χ2n) is 9.71. The Bertz CT molecular complexity index is 1490. The molecule has 1 saturated carbocycles. The van der Waals surface area contributed by atoms with Crippen LogP contribution in [0.15, 0.2) is 36.4 Å². The van der Waals surface area contributed by atoms with E-state index in [0.29, 0.717) is 4.70 Å². The van der Waals surface area contributed by atoms with Gasteiger partial charge in [0, 0.05) is 49.4 Å². The molecule has 2 atom stereocenters. The molecule has 9 nitrogen and oxygen atoms in total. The van der Waals surface area contributed by atoms with E-state index in [1.165, 1.54) is 42.3 Å². The molecule has 0 spiro atoms. The number of fused-ring (bicyclic) bond motifs is 1. The van der Waals surface area contributed by atoms with Gasteiger partial charge in [-0.3, -0.25) is 18.6 Å². The van der Waals surface area contributed by atoms with Gasteiger partial charge in [-0.25, -0.2) is 4.98 Å². The van der Waals surface area contributed by atoms with Crippen molar-refractivity contribution in [2.24, 2.45) is 0 Å². The van der Waals surface area contributed by atoms with Crippen molar-refractivity contribution < 1.29 is 36.5 Å². The molecule has 1 aromatic heterocycles.